The molecule has 0 radical (unpaired) electrons. The van der Waals surface area contributed by atoms with Crippen LogP contribution in [0.3, 0.4) is 0 Å². The van der Waals surface area contributed by atoms with E-state index in [1.807, 2.05) is 0 Å². The quantitative estimate of drug-likeness (QED) is 0.892. The third-order valence-electron chi connectivity index (χ3n) is 3.35. The average molecular weight is 312 g/mol. The summed E-state index contributed by atoms with van der Waals surface area (Å²) in [5.41, 5.74) is -0.162. The zero-order valence-electron chi connectivity index (χ0n) is 10.8. The van der Waals surface area contributed by atoms with E-state index in [0.717, 1.165) is 6.07 Å². The van der Waals surface area contributed by atoms with Gasteiger partial charge in [0.15, 0.2) is 5.76 Å². The molecule has 0 unspecified atom stereocenters. The van der Waals surface area contributed by atoms with Gasteiger partial charge in [0.2, 0.25) is 23.3 Å². The highest BCUT2D eigenvalue weighted by Gasteiger charge is 2.32. The van der Waals surface area contributed by atoms with Crippen molar-refractivity contribution in [1.29, 1.82) is 0 Å². The van der Waals surface area contributed by atoms with Crippen LogP contribution in [0.1, 0.15) is 12.8 Å². The van der Waals surface area contributed by atoms with Crippen LogP contribution in [0.4, 0.5) is 10.3 Å². The fourth-order valence-corrected chi connectivity index (χ4v) is 2.58. The number of hydrogen-bond acceptors (Lipinski definition) is 4. The Balaban J connectivity index is 2.15. The van der Waals surface area contributed by atoms with Gasteiger partial charge in [-0.25, -0.2) is 4.39 Å². The number of benzene rings is 1. The van der Waals surface area contributed by atoms with Gasteiger partial charge in [-0.05, 0) is 18.6 Å². The van der Waals surface area contributed by atoms with Gasteiger partial charge in [-0.2, -0.15) is 0 Å². The molecule has 3 rings (SSSR count). The molecule has 0 atom stereocenters. The monoisotopic (exact) mass is 311 g/mol. The second-order valence-electron chi connectivity index (χ2n) is 4.68. The summed E-state index contributed by atoms with van der Waals surface area (Å²) in [6.07, 6.45) is 0.951. The number of anilines is 1. The lowest BCUT2D eigenvalue weighted by atomic mass is 10.1. The molecule has 1 aliphatic heterocycles. The van der Waals surface area contributed by atoms with Gasteiger partial charge in [-0.15, -0.1) is 0 Å². The number of amides is 1. The molecular formula is C14H11ClFNO4. The fourth-order valence-electron chi connectivity index (χ4n) is 2.33. The minimum Gasteiger partial charge on any atom is -0.502 e. The van der Waals surface area contributed by atoms with Crippen LogP contribution in [0, 0.1) is 5.82 Å². The summed E-state index contributed by atoms with van der Waals surface area (Å²) in [7, 11) is 0. The van der Waals surface area contributed by atoms with Crippen molar-refractivity contribution in [3.63, 3.8) is 0 Å². The SMILES string of the molecule is O=C1CCCN1c1oc(-c2c(F)cccc2Cl)c(O)c1O. The van der Waals surface area contributed by atoms with Crippen LogP contribution >= 0.6 is 11.6 Å². The molecule has 1 amide bonds. The topological polar surface area (TPSA) is 73.9 Å². The van der Waals surface area contributed by atoms with Crippen LogP contribution in [0.2, 0.25) is 5.02 Å². The molecule has 7 heteroatoms. The average Bonchev–Trinajstić information content (AvgIpc) is 2.97. The second-order valence-corrected chi connectivity index (χ2v) is 5.09. The van der Waals surface area contributed by atoms with Crippen LogP contribution in [-0.2, 0) is 4.79 Å². The number of carbonyl (C=O) groups excluding carboxylic acids is 1. The normalized spacial score (nSPS) is 15.0. The second kappa shape index (κ2) is 4.96. The van der Waals surface area contributed by atoms with Gasteiger partial charge >= 0.3 is 0 Å². The molecule has 0 saturated carbocycles. The van der Waals surface area contributed by atoms with E-state index in [-0.39, 0.29) is 28.1 Å². The highest BCUT2D eigenvalue weighted by Crippen LogP contribution is 2.49. The van der Waals surface area contributed by atoms with Crippen LogP contribution in [-0.4, -0.2) is 22.7 Å². The molecule has 2 heterocycles. The van der Waals surface area contributed by atoms with Crippen molar-refractivity contribution in [1.82, 2.24) is 0 Å². The van der Waals surface area contributed by atoms with Crippen LogP contribution < -0.4 is 4.90 Å². The Morgan fingerprint density at radius 1 is 1.29 bits per heavy atom. The lowest BCUT2D eigenvalue weighted by Gasteiger charge is -2.11. The lowest BCUT2D eigenvalue weighted by molar-refractivity contribution is -0.117. The van der Waals surface area contributed by atoms with E-state index in [4.69, 9.17) is 16.0 Å². The first-order chi connectivity index (χ1) is 10.0. The molecule has 0 bridgehead atoms. The third-order valence-corrected chi connectivity index (χ3v) is 3.66. The molecular weight excluding hydrogens is 301 g/mol. The van der Waals surface area contributed by atoms with Crippen molar-refractivity contribution < 1.29 is 23.8 Å². The van der Waals surface area contributed by atoms with E-state index in [2.05, 4.69) is 0 Å². The highest BCUT2D eigenvalue weighted by atomic mass is 35.5. The Kier molecular flexibility index (Phi) is 3.25. The van der Waals surface area contributed by atoms with Gasteiger partial charge in [-0.1, -0.05) is 17.7 Å². The molecule has 0 aliphatic carbocycles. The molecule has 1 aromatic heterocycles. The first-order valence-corrected chi connectivity index (χ1v) is 6.68. The minimum absolute atomic E-state index is 0.0262. The third kappa shape index (κ3) is 2.12. The molecule has 110 valence electrons. The zero-order chi connectivity index (χ0) is 15.1. The maximum Gasteiger partial charge on any atom is 0.249 e. The number of rotatable bonds is 2. The Bertz CT molecular complexity index is 708. The summed E-state index contributed by atoms with van der Waals surface area (Å²) in [4.78, 5) is 12.9. The summed E-state index contributed by atoms with van der Waals surface area (Å²) in [6, 6.07) is 3.99. The molecule has 2 aromatic rings. The summed E-state index contributed by atoms with van der Waals surface area (Å²) in [5.74, 6) is -2.66. The Hall–Kier alpha value is -2.21. The number of furan rings is 1. The van der Waals surface area contributed by atoms with Gasteiger partial charge in [0.05, 0.1) is 10.6 Å². The first kappa shape index (κ1) is 13.8. The zero-order valence-corrected chi connectivity index (χ0v) is 11.5. The Labute approximate surface area is 124 Å². The van der Waals surface area contributed by atoms with Gasteiger partial charge in [0.1, 0.15) is 5.82 Å². The summed E-state index contributed by atoms with van der Waals surface area (Å²) < 4.78 is 19.2. The van der Waals surface area contributed by atoms with E-state index in [9.17, 15) is 19.4 Å². The highest BCUT2D eigenvalue weighted by molar-refractivity contribution is 6.33. The largest absolute Gasteiger partial charge is 0.502 e. The number of hydrogen-bond donors (Lipinski definition) is 2. The Morgan fingerprint density at radius 2 is 2.05 bits per heavy atom. The maximum absolute atomic E-state index is 13.9. The summed E-state index contributed by atoms with van der Waals surface area (Å²) in [5, 5.41) is 19.9. The number of halogens is 2. The molecule has 2 N–H and O–H groups in total. The van der Waals surface area contributed by atoms with Crippen molar-refractivity contribution in [3.8, 4) is 22.8 Å². The van der Waals surface area contributed by atoms with Crippen molar-refractivity contribution in [2.24, 2.45) is 0 Å². The molecule has 21 heavy (non-hydrogen) atoms. The van der Waals surface area contributed by atoms with E-state index >= 15 is 0 Å². The molecule has 0 spiro atoms. The first-order valence-electron chi connectivity index (χ1n) is 6.30. The van der Waals surface area contributed by atoms with Crippen molar-refractivity contribution in [2.75, 3.05) is 11.4 Å². The molecule has 1 fully saturated rings. The summed E-state index contributed by atoms with van der Waals surface area (Å²) in [6.45, 7) is 0.365. The van der Waals surface area contributed by atoms with Gasteiger partial charge in [0.25, 0.3) is 0 Å². The fraction of sp³-hybridized carbons (Fsp3) is 0.214. The summed E-state index contributed by atoms with van der Waals surface area (Å²) >= 11 is 5.91. The standard InChI is InChI=1S/C14H11ClFNO4/c15-7-3-1-4-8(16)10(7)13-11(19)12(20)14(21-13)17-6-2-5-9(17)18/h1,3-4,19-20H,2,5-6H2. The minimum atomic E-state index is -0.703. The van der Waals surface area contributed by atoms with E-state index in [1.54, 1.807) is 0 Å². The number of carbonyl (C=O) groups is 1. The maximum atomic E-state index is 13.9. The predicted molar refractivity (Wildman–Crippen MR) is 74.0 cm³/mol. The van der Waals surface area contributed by atoms with E-state index < -0.39 is 17.3 Å². The van der Waals surface area contributed by atoms with E-state index in [0.29, 0.717) is 19.4 Å². The molecule has 5 nitrogen and oxygen atoms in total. The number of aromatic hydroxyl groups is 2. The van der Waals surface area contributed by atoms with Crippen molar-refractivity contribution >= 4 is 23.4 Å². The van der Waals surface area contributed by atoms with E-state index in [1.165, 1.54) is 17.0 Å². The molecule has 1 aromatic carbocycles. The molecule has 1 aliphatic rings. The van der Waals surface area contributed by atoms with Crippen molar-refractivity contribution in [3.05, 3.63) is 29.0 Å². The van der Waals surface area contributed by atoms with Crippen molar-refractivity contribution in [2.45, 2.75) is 12.8 Å². The van der Waals surface area contributed by atoms with Crippen LogP contribution in [0.15, 0.2) is 22.6 Å². The smallest absolute Gasteiger partial charge is 0.249 e. The van der Waals surface area contributed by atoms with Gasteiger partial charge in [-0.3, -0.25) is 9.69 Å². The predicted octanol–water partition coefficient (Wildman–Crippen LogP) is 3.28. The molecule has 1 saturated heterocycles. The van der Waals surface area contributed by atoms with Gasteiger partial charge < -0.3 is 14.6 Å². The van der Waals surface area contributed by atoms with Gasteiger partial charge in [0, 0.05) is 13.0 Å². The Morgan fingerprint density at radius 3 is 2.67 bits per heavy atom. The lowest BCUT2D eigenvalue weighted by Crippen LogP contribution is -2.23. The van der Waals surface area contributed by atoms with Crippen LogP contribution in [0.25, 0.3) is 11.3 Å². The number of nitrogens with zero attached hydrogens (tertiary/aromatic N) is 1. The van der Waals surface area contributed by atoms with Crippen LogP contribution in [0.5, 0.6) is 11.5 Å².